The van der Waals surface area contributed by atoms with Crippen LogP contribution in [0.3, 0.4) is 0 Å². The number of hydrogen-bond acceptors (Lipinski definition) is 7. The Morgan fingerprint density at radius 2 is 1.96 bits per heavy atom. The molecule has 0 bridgehead atoms. The van der Waals surface area contributed by atoms with Crippen molar-refractivity contribution in [3.05, 3.63) is 47.9 Å². The average molecular weight is 382 g/mol. The molecule has 0 radical (unpaired) electrons. The molecule has 1 aromatic carbocycles. The van der Waals surface area contributed by atoms with Crippen LogP contribution < -0.4 is 19.5 Å². The molecular formula is C18H18N6O4. The van der Waals surface area contributed by atoms with Gasteiger partial charge in [0.05, 0.1) is 20.4 Å². The molecule has 3 rings (SSSR count). The van der Waals surface area contributed by atoms with Crippen molar-refractivity contribution in [3.8, 4) is 23.3 Å². The molecule has 0 aliphatic carbocycles. The van der Waals surface area contributed by atoms with Crippen molar-refractivity contribution in [2.45, 2.75) is 6.73 Å². The number of methoxy groups -OCH3 is 2. The van der Waals surface area contributed by atoms with E-state index in [2.05, 4.69) is 15.5 Å². The van der Waals surface area contributed by atoms with E-state index in [1.807, 2.05) is 6.07 Å². The summed E-state index contributed by atoms with van der Waals surface area (Å²) in [5, 5.41) is 19.8. The molecule has 2 heterocycles. The zero-order chi connectivity index (χ0) is 20.1. The third-order valence-electron chi connectivity index (χ3n) is 3.89. The highest BCUT2D eigenvalue weighted by Gasteiger charge is 2.16. The lowest BCUT2D eigenvalue weighted by molar-refractivity contribution is 0.101. The highest BCUT2D eigenvalue weighted by Crippen LogP contribution is 2.36. The summed E-state index contributed by atoms with van der Waals surface area (Å²) in [5.74, 6) is 1.31. The monoisotopic (exact) mass is 382 g/mol. The first-order valence-electron chi connectivity index (χ1n) is 8.18. The van der Waals surface area contributed by atoms with Crippen LogP contribution in [0, 0.1) is 11.3 Å². The maximum atomic E-state index is 12.4. The molecule has 0 spiro atoms. The molecule has 0 aliphatic rings. The van der Waals surface area contributed by atoms with Crippen molar-refractivity contribution in [1.82, 2.24) is 19.6 Å². The first kappa shape index (κ1) is 18.8. The number of aryl methyl sites for hydroxylation is 1. The molecule has 1 amide bonds. The second-order valence-electron chi connectivity index (χ2n) is 5.60. The predicted octanol–water partition coefficient (Wildman–Crippen LogP) is 1.79. The van der Waals surface area contributed by atoms with Gasteiger partial charge in [-0.05, 0) is 18.2 Å². The maximum Gasteiger partial charge on any atom is 0.277 e. The SMILES string of the molecule is COc1cccc(OC)c1OCn1ccc(C(=O)Nc2c(C#N)cnn2C)n1. The van der Waals surface area contributed by atoms with Gasteiger partial charge in [0.1, 0.15) is 17.5 Å². The number of carbonyl (C=O) groups is 1. The van der Waals surface area contributed by atoms with Crippen LogP contribution in [0.1, 0.15) is 16.1 Å². The van der Waals surface area contributed by atoms with Crippen LogP contribution in [0.15, 0.2) is 36.7 Å². The van der Waals surface area contributed by atoms with Gasteiger partial charge in [-0.2, -0.15) is 15.5 Å². The highest BCUT2D eigenvalue weighted by atomic mass is 16.5. The van der Waals surface area contributed by atoms with Crippen molar-refractivity contribution in [2.24, 2.45) is 7.05 Å². The Balaban J connectivity index is 1.71. The van der Waals surface area contributed by atoms with E-state index < -0.39 is 5.91 Å². The zero-order valence-corrected chi connectivity index (χ0v) is 15.5. The molecule has 0 saturated carbocycles. The van der Waals surface area contributed by atoms with Crippen LogP contribution in [-0.2, 0) is 13.8 Å². The third-order valence-corrected chi connectivity index (χ3v) is 3.89. The summed E-state index contributed by atoms with van der Waals surface area (Å²) in [6.07, 6.45) is 2.98. The lowest BCUT2D eigenvalue weighted by atomic mass is 10.3. The van der Waals surface area contributed by atoms with E-state index in [9.17, 15) is 4.79 Å². The number of aromatic nitrogens is 4. The van der Waals surface area contributed by atoms with Gasteiger partial charge in [-0.15, -0.1) is 0 Å². The minimum atomic E-state index is -0.464. The molecule has 3 aromatic rings. The molecule has 0 aliphatic heterocycles. The number of benzene rings is 1. The summed E-state index contributed by atoms with van der Waals surface area (Å²) in [5.41, 5.74) is 0.433. The van der Waals surface area contributed by atoms with E-state index in [-0.39, 0.29) is 18.0 Å². The molecule has 10 heteroatoms. The highest BCUT2D eigenvalue weighted by molar-refractivity contribution is 6.02. The van der Waals surface area contributed by atoms with Crippen LogP contribution in [-0.4, -0.2) is 39.7 Å². The van der Waals surface area contributed by atoms with Crippen LogP contribution >= 0.6 is 0 Å². The summed E-state index contributed by atoms with van der Waals surface area (Å²) in [6, 6.07) is 8.80. The van der Waals surface area contributed by atoms with Gasteiger partial charge >= 0.3 is 0 Å². The Morgan fingerprint density at radius 3 is 2.61 bits per heavy atom. The fourth-order valence-electron chi connectivity index (χ4n) is 2.48. The van der Waals surface area contributed by atoms with Crippen LogP contribution in [0.4, 0.5) is 5.82 Å². The Kier molecular flexibility index (Phi) is 5.45. The van der Waals surface area contributed by atoms with E-state index in [0.29, 0.717) is 23.1 Å². The number of ether oxygens (including phenoxy) is 3. The van der Waals surface area contributed by atoms with E-state index in [1.165, 1.54) is 29.8 Å². The van der Waals surface area contributed by atoms with Gasteiger partial charge in [-0.1, -0.05) is 6.07 Å². The number of anilines is 1. The van der Waals surface area contributed by atoms with E-state index in [1.54, 1.807) is 37.5 Å². The number of hydrogen-bond donors (Lipinski definition) is 1. The minimum Gasteiger partial charge on any atom is -0.493 e. The number of rotatable bonds is 7. The largest absolute Gasteiger partial charge is 0.493 e. The Hall–Kier alpha value is -4.00. The molecule has 2 aromatic heterocycles. The second kappa shape index (κ2) is 8.13. The minimum absolute atomic E-state index is 0.0408. The number of amides is 1. The Labute approximate surface area is 160 Å². The smallest absolute Gasteiger partial charge is 0.277 e. The molecule has 0 saturated heterocycles. The number of carbonyl (C=O) groups excluding carboxylic acids is 1. The number of nitriles is 1. The van der Waals surface area contributed by atoms with Gasteiger partial charge in [-0.3, -0.25) is 9.48 Å². The fourth-order valence-corrected chi connectivity index (χ4v) is 2.48. The van der Waals surface area contributed by atoms with E-state index >= 15 is 0 Å². The van der Waals surface area contributed by atoms with Gasteiger partial charge in [0, 0.05) is 13.2 Å². The molecular weight excluding hydrogens is 364 g/mol. The summed E-state index contributed by atoms with van der Waals surface area (Å²) in [4.78, 5) is 12.4. The molecule has 10 nitrogen and oxygen atoms in total. The average Bonchev–Trinajstić information content (AvgIpc) is 3.33. The van der Waals surface area contributed by atoms with Crippen molar-refractivity contribution >= 4 is 11.7 Å². The first-order valence-corrected chi connectivity index (χ1v) is 8.18. The summed E-state index contributed by atoms with van der Waals surface area (Å²) >= 11 is 0. The Bertz CT molecular complexity index is 1010. The normalized spacial score (nSPS) is 10.2. The quantitative estimate of drug-likeness (QED) is 0.662. The molecule has 0 atom stereocenters. The lowest BCUT2D eigenvalue weighted by Crippen LogP contribution is -2.17. The van der Waals surface area contributed by atoms with Crippen molar-refractivity contribution in [3.63, 3.8) is 0 Å². The molecule has 144 valence electrons. The number of para-hydroxylation sites is 1. The maximum absolute atomic E-state index is 12.4. The van der Waals surface area contributed by atoms with Crippen LogP contribution in [0.25, 0.3) is 0 Å². The van der Waals surface area contributed by atoms with Gasteiger partial charge in [0.2, 0.25) is 5.75 Å². The second-order valence-corrected chi connectivity index (χ2v) is 5.60. The summed E-state index contributed by atoms with van der Waals surface area (Å²) in [7, 11) is 4.70. The lowest BCUT2D eigenvalue weighted by Gasteiger charge is -2.13. The number of nitrogens with one attached hydrogen (secondary N) is 1. The van der Waals surface area contributed by atoms with Crippen LogP contribution in [0.5, 0.6) is 17.2 Å². The first-order chi connectivity index (χ1) is 13.6. The third kappa shape index (κ3) is 3.73. The molecule has 28 heavy (non-hydrogen) atoms. The van der Waals surface area contributed by atoms with Gasteiger partial charge < -0.3 is 19.5 Å². The molecule has 0 unspecified atom stereocenters. The van der Waals surface area contributed by atoms with Gasteiger partial charge in [0.25, 0.3) is 5.91 Å². The molecule has 0 fully saturated rings. The van der Waals surface area contributed by atoms with Crippen molar-refractivity contribution < 1.29 is 19.0 Å². The van der Waals surface area contributed by atoms with E-state index in [0.717, 1.165) is 0 Å². The van der Waals surface area contributed by atoms with Crippen LogP contribution in [0.2, 0.25) is 0 Å². The summed E-state index contributed by atoms with van der Waals surface area (Å²) in [6.45, 7) is 0.0408. The predicted molar refractivity (Wildman–Crippen MR) is 98.3 cm³/mol. The Morgan fingerprint density at radius 1 is 1.25 bits per heavy atom. The van der Waals surface area contributed by atoms with Crippen molar-refractivity contribution in [1.29, 1.82) is 5.26 Å². The topological polar surface area (TPSA) is 116 Å². The fraction of sp³-hybridized carbons (Fsp3) is 0.222. The van der Waals surface area contributed by atoms with Gasteiger partial charge in [0.15, 0.2) is 23.9 Å². The zero-order valence-electron chi connectivity index (χ0n) is 15.5. The number of nitrogens with zero attached hydrogens (tertiary/aromatic N) is 5. The summed E-state index contributed by atoms with van der Waals surface area (Å²) < 4.78 is 19.2. The van der Waals surface area contributed by atoms with Crippen molar-refractivity contribution in [2.75, 3.05) is 19.5 Å². The molecule has 1 N–H and O–H groups in total. The van der Waals surface area contributed by atoms with Gasteiger partial charge in [-0.25, -0.2) is 4.68 Å². The standard InChI is InChI=1S/C18H18N6O4/c1-23-17(12(9-19)10-20-23)21-18(25)13-7-8-24(22-13)11-28-16-14(26-2)5-4-6-15(16)27-3/h4-8,10H,11H2,1-3H3,(H,21,25). The van der Waals surface area contributed by atoms with E-state index in [4.69, 9.17) is 19.5 Å².